The normalized spacial score (nSPS) is 44.6. The van der Waals surface area contributed by atoms with Gasteiger partial charge >= 0.3 is 0 Å². The summed E-state index contributed by atoms with van der Waals surface area (Å²) in [5, 5.41) is 3.95. The molecule has 2 heteroatoms. The summed E-state index contributed by atoms with van der Waals surface area (Å²) in [5.74, 6) is 2.09. The van der Waals surface area contributed by atoms with Crippen LogP contribution in [0.15, 0.2) is 0 Å². The van der Waals surface area contributed by atoms with E-state index < -0.39 is 0 Å². The number of hydrogen-bond acceptors (Lipinski definition) is 2. The van der Waals surface area contributed by atoms with E-state index >= 15 is 0 Å². The van der Waals surface area contributed by atoms with Crippen molar-refractivity contribution in [3.8, 4) is 0 Å². The first kappa shape index (κ1) is 9.90. The Balaban J connectivity index is 1.33. The highest BCUT2D eigenvalue weighted by Gasteiger charge is 2.53. The van der Waals surface area contributed by atoms with E-state index in [1.807, 2.05) is 0 Å². The van der Waals surface area contributed by atoms with E-state index in [0.717, 1.165) is 23.3 Å². The van der Waals surface area contributed by atoms with Crippen molar-refractivity contribution in [3.63, 3.8) is 0 Å². The quantitative estimate of drug-likeness (QED) is 0.778. The van der Waals surface area contributed by atoms with Gasteiger partial charge in [0.2, 0.25) is 0 Å². The zero-order chi connectivity index (χ0) is 10.6. The van der Waals surface area contributed by atoms with Gasteiger partial charge in [-0.15, -0.1) is 0 Å². The standard InChI is InChI=1S/C14H24N2/c1-2-12(1)14(5-6-14)10-15-13-4-8-16-7-3-11(13)9-16/h11-13,15H,1-10H2. The van der Waals surface area contributed by atoms with Crippen LogP contribution in [0.25, 0.3) is 0 Å². The second kappa shape index (κ2) is 3.46. The first-order valence-corrected chi connectivity index (χ1v) is 7.31. The molecule has 0 amide bonds. The molecule has 4 fully saturated rings. The molecule has 2 aliphatic carbocycles. The van der Waals surface area contributed by atoms with E-state index in [9.17, 15) is 0 Å². The van der Waals surface area contributed by atoms with Gasteiger partial charge in [-0.2, -0.15) is 0 Å². The van der Waals surface area contributed by atoms with Crippen LogP contribution in [0.3, 0.4) is 0 Å². The maximum absolute atomic E-state index is 3.95. The molecule has 4 rings (SSSR count). The highest BCUT2D eigenvalue weighted by Crippen LogP contribution is 2.60. The number of hydrogen-bond donors (Lipinski definition) is 1. The van der Waals surface area contributed by atoms with Crippen molar-refractivity contribution < 1.29 is 0 Å². The summed E-state index contributed by atoms with van der Waals surface area (Å²) in [5.41, 5.74) is 0.787. The third kappa shape index (κ3) is 1.62. The average Bonchev–Trinajstić information content (AvgIpc) is 3.17. The lowest BCUT2D eigenvalue weighted by molar-refractivity contribution is 0.211. The first-order valence-electron chi connectivity index (χ1n) is 7.31. The third-order valence-electron chi connectivity index (χ3n) is 5.69. The first-order chi connectivity index (χ1) is 7.86. The molecule has 0 spiro atoms. The molecule has 0 radical (unpaired) electrons. The maximum atomic E-state index is 3.95. The average molecular weight is 220 g/mol. The van der Waals surface area contributed by atoms with E-state index in [-0.39, 0.29) is 0 Å². The van der Waals surface area contributed by atoms with Gasteiger partial charge in [-0.05, 0) is 68.9 Å². The monoisotopic (exact) mass is 220 g/mol. The van der Waals surface area contributed by atoms with Crippen LogP contribution in [0.2, 0.25) is 0 Å². The summed E-state index contributed by atoms with van der Waals surface area (Å²) in [7, 11) is 0. The topological polar surface area (TPSA) is 15.3 Å². The minimum absolute atomic E-state index is 0.787. The molecule has 2 saturated heterocycles. The van der Waals surface area contributed by atoms with E-state index in [1.54, 1.807) is 0 Å². The summed E-state index contributed by atoms with van der Waals surface area (Å²) in [6, 6.07) is 0.856. The van der Waals surface area contributed by atoms with Crippen LogP contribution in [0.1, 0.15) is 38.5 Å². The Bertz CT molecular complexity index is 280. The van der Waals surface area contributed by atoms with Crippen LogP contribution < -0.4 is 5.32 Å². The highest BCUT2D eigenvalue weighted by molar-refractivity contribution is 5.06. The zero-order valence-electron chi connectivity index (χ0n) is 10.3. The number of piperidine rings is 1. The number of rotatable bonds is 4. The molecule has 0 aromatic rings. The molecule has 90 valence electrons. The molecule has 0 aromatic heterocycles. The van der Waals surface area contributed by atoms with Crippen molar-refractivity contribution in [2.75, 3.05) is 26.2 Å². The number of nitrogens with zero attached hydrogens (tertiary/aromatic N) is 1. The second-order valence-corrected chi connectivity index (χ2v) is 6.76. The molecule has 2 aliphatic heterocycles. The molecule has 2 nitrogen and oxygen atoms in total. The zero-order valence-corrected chi connectivity index (χ0v) is 10.3. The van der Waals surface area contributed by atoms with Gasteiger partial charge in [-0.25, -0.2) is 0 Å². The van der Waals surface area contributed by atoms with E-state index in [2.05, 4.69) is 10.2 Å². The predicted octanol–water partition coefficient (Wildman–Crippen LogP) is 1.86. The van der Waals surface area contributed by atoms with Crippen LogP contribution in [0.4, 0.5) is 0 Å². The van der Waals surface area contributed by atoms with Crippen molar-refractivity contribution >= 4 is 0 Å². The minimum Gasteiger partial charge on any atom is -0.313 e. The molecule has 3 unspecified atom stereocenters. The molecular weight excluding hydrogens is 196 g/mol. The number of fused-ring (bicyclic) bond motifs is 2. The lowest BCUT2D eigenvalue weighted by Crippen LogP contribution is -2.45. The minimum atomic E-state index is 0.787. The van der Waals surface area contributed by atoms with Crippen LogP contribution in [-0.4, -0.2) is 37.1 Å². The fraction of sp³-hybridized carbons (Fsp3) is 1.00. The summed E-state index contributed by atoms with van der Waals surface area (Å²) >= 11 is 0. The molecule has 0 aromatic carbocycles. The molecule has 1 N–H and O–H groups in total. The third-order valence-corrected chi connectivity index (χ3v) is 5.69. The van der Waals surface area contributed by atoms with Gasteiger partial charge in [-0.3, -0.25) is 0 Å². The molecule has 2 bridgehead atoms. The molecule has 2 saturated carbocycles. The Kier molecular flexibility index (Phi) is 2.14. The molecule has 3 atom stereocenters. The van der Waals surface area contributed by atoms with Crippen molar-refractivity contribution in [2.45, 2.75) is 44.6 Å². The van der Waals surface area contributed by atoms with Crippen molar-refractivity contribution in [2.24, 2.45) is 17.3 Å². The summed E-state index contributed by atoms with van der Waals surface area (Å²) in [6.07, 6.45) is 8.97. The van der Waals surface area contributed by atoms with E-state index in [1.165, 1.54) is 64.7 Å². The van der Waals surface area contributed by atoms with Crippen LogP contribution in [-0.2, 0) is 0 Å². The van der Waals surface area contributed by atoms with Crippen LogP contribution >= 0.6 is 0 Å². The smallest absolute Gasteiger partial charge is 0.0120 e. The predicted molar refractivity (Wildman–Crippen MR) is 65.3 cm³/mol. The van der Waals surface area contributed by atoms with E-state index in [0.29, 0.717) is 0 Å². The molecule has 16 heavy (non-hydrogen) atoms. The maximum Gasteiger partial charge on any atom is 0.0120 e. The Labute approximate surface area is 98.8 Å². The van der Waals surface area contributed by atoms with Crippen molar-refractivity contribution in [1.82, 2.24) is 10.2 Å². The fourth-order valence-electron chi connectivity index (χ4n) is 4.14. The van der Waals surface area contributed by atoms with Crippen molar-refractivity contribution in [1.29, 1.82) is 0 Å². The lowest BCUT2D eigenvalue weighted by Gasteiger charge is -2.32. The fourth-order valence-corrected chi connectivity index (χ4v) is 4.14. The lowest BCUT2D eigenvalue weighted by atomic mass is 9.92. The Morgan fingerprint density at radius 2 is 1.88 bits per heavy atom. The molecule has 2 heterocycles. The van der Waals surface area contributed by atoms with Crippen LogP contribution in [0.5, 0.6) is 0 Å². The van der Waals surface area contributed by atoms with Crippen LogP contribution in [0, 0.1) is 17.3 Å². The Morgan fingerprint density at radius 1 is 1.06 bits per heavy atom. The van der Waals surface area contributed by atoms with Gasteiger partial charge in [0.25, 0.3) is 0 Å². The van der Waals surface area contributed by atoms with Gasteiger partial charge in [0.1, 0.15) is 0 Å². The van der Waals surface area contributed by atoms with Gasteiger partial charge in [0.05, 0.1) is 0 Å². The van der Waals surface area contributed by atoms with Gasteiger partial charge in [-0.1, -0.05) is 0 Å². The largest absolute Gasteiger partial charge is 0.313 e. The second-order valence-electron chi connectivity index (χ2n) is 6.76. The Hall–Kier alpha value is -0.0800. The summed E-state index contributed by atoms with van der Waals surface area (Å²) in [4.78, 5) is 2.65. The number of nitrogens with one attached hydrogen (secondary N) is 1. The SMILES string of the molecule is C1CN2CCC(NCC3(C4CC4)CC3)C1C2. The van der Waals surface area contributed by atoms with Crippen molar-refractivity contribution in [3.05, 3.63) is 0 Å². The highest BCUT2D eigenvalue weighted by atomic mass is 15.2. The van der Waals surface area contributed by atoms with E-state index in [4.69, 9.17) is 0 Å². The Morgan fingerprint density at radius 3 is 2.62 bits per heavy atom. The van der Waals surface area contributed by atoms with Gasteiger partial charge in [0.15, 0.2) is 0 Å². The summed E-state index contributed by atoms with van der Waals surface area (Å²) in [6.45, 7) is 5.45. The molecule has 4 aliphatic rings. The van der Waals surface area contributed by atoms with Gasteiger partial charge in [0, 0.05) is 19.1 Å². The molecular formula is C14H24N2. The summed E-state index contributed by atoms with van der Waals surface area (Å²) < 4.78 is 0. The van der Waals surface area contributed by atoms with Gasteiger partial charge < -0.3 is 10.2 Å².